The van der Waals surface area contributed by atoms with Gasteiger partial charge in [-0.15, -0.1) is 0 Å². The van der Waals surface area contributed by atoms with Crippen molar-refractivity contribution < 1.29 is 23.2 Å². The first-order valence-electron chi connectivity index (χ1n) is 5.27. The van der Waals surface area contributed by atoms with Crippen molar-refractivity contribution in [1.29, 1.82) is 0 Å². The van der Waals surface area contributed by atoms with E-state index in [-0.39, 0.29) is 17.0 Å². The smallest absolute Gasteiger partial charge is 0.321 e. The largest absolute Gasteiger partial charge is 0.480 e. The third-order valence-corrected chi connectivity index (χ3v) is 3.81. The number of carboxylic acids is 1. The Kier molecular flexibility index (Phi) is 4.57. The zero-order chi connectivity index (χ0) is 14.6. The monoisotopic (exact) mass is 288 g/mol. The predicted octanol–water partition coefficient (Wildman–Crippen LogP) is 0.736. The molecule has 0 saturated carbocycles. The number of hydrogen-bond donors (Lipinski definition) is 2. The lowest BCUT2D eigenvalue weighted by Gasteiger charge is -2.12. The van der Waals surface area contributed by atoms with Gasteiger partial charge in [-0.05, 0) is 12.5 Å². The molecule has 0 fully saturated rings. The molecule has 9 heteroatoms. The van der Waals surface area contributed by atoms with Crippen LogP contribution in [0.3, 0.4) is 0 Å². The Hall–Kier alpha value is -2.00. The van der Waals surface area contributed by atoms with Gasteiger partial charge in [0.2, 0.25) is 10.0 Å². The number of carbonyl (C=O) groups is 1. The lowest BCUT2D eigenvalue weighted by Crippen LogP contribution is -2.40. The summed E-state index contributed by atoms with van der Waals surface area (Å²) in [5.41, 5.74) is -0.383. The number of carboxylic acid groups (broad SMARTS) is 1. The van der Waals surface area contributed by atoms with Crippen molar-refractivity contribution >= 4 is 21.7 Å². The molecule has 1 atom stereocenters. The lowest BCUT2D eigenvalue weighted by molar-refractivity contribution is -0.385. The van der Waals surface area contributed by atoms with E-state index in [0.717, 1.165) is 18.2 Å². The zero-order valence-electron chi connectivity index (χ0n) is 9.94. The standard InChI is InChI=1S/C10H12N2O6S/c1-2-9(10(13)14)11-19(17,18)8-5-3-4-7(6-8)12(15)16/h3-6,9,11H,2H2,1H3,(H,13,14)/t9-/m1/s1. The molecule has 0 amide bonds. The molecule has 0 aliphatic heterocycles. The van der Waals surface area contributed by atoms with Gasteiger partial charge in [0.1, 0.15) is 6.04 Å². The fourth-order valence-corrected chi connectivity index (χ4v) is 2.64. The molecule has 104 valence electrons. The molecule has 1 aromatic carbocycles. The Balaban J connectivity index is 3.10. The van der Waals surface area contributed by atoms with Gasteiger partial charge in [0.05, 0.1) is 9.82 Å². The SMILES string of the molecule is CC[C@@H](NS(=O)(=O)c1cccc([N+](=O)[O-])c1)C(=O)O. The number of nitrogens with zero attached hydrogens (tertiary/aromatic N) is 1. The molecule has 8 nitrogen and oxygen atoms in total. The number of non-ortho nitro benzene ring substituents is 1. The summed E-state index contributed by atoms with van der Waals surface area (Å²) in [4.78, 5) is 20.3. The zero-order valence-corrected chi connectivity index (χ0v) is 10.8. The number of hydrogen-bond acceptors (Lipinski definition) is 5. The van der Waals surface area contributed by atoms with Crippen LogP contribution in [0, 0.1) is 10.1 Å². The van der Waals surface area contributed by atoms with Crippen molar-refractivity contribution in [2.24, 2.45) is 0 Å². The number of nitrogens with one attached hydrogen (secondary N) is 1. The van der Waals surface area contributed by atoms with Gasteiger partial charge in [-0.25, -0.2) is 8.42 Å². The minimum atomic E-state index is -4.11. The molecule has 0 radical (unpaired) electrons. The quantitative estimate of drug-likeness (QED) is 0.587. The summed E-state index contributed by atoms with van der Waals surface area (Å²) in [6, 6.07) is 3.12. The maximum absolute atomic E-state index is 11.9. The fourth-order valence-electron chi connectivity index (χ4n) is 1.33. The molecule has 0 heterocycles. The third-order valence-electron chi connectivity index (χ3n) is 2.34. The summed E-state index contributed by atoms with van der Waals surface area (Å²) in [7, 11) is -4.11. The Bertz CT molecular complexity index is 598. The van der Waals surface area contributed by atoms with Crippen molar-refractivity contribution in [1.82, 2.24) is 4.72 Å². The van der Waals surface area contributed by atoms with Gasteiger partial charge < -0.3 is 5.11 Å². The Morgan fingerprint density at radius 3 is 2.63 bits per heavy atom. The van der Waals surface area contributed by atoms with Gasteiger partial charge >= 0.3 is 5.97 Å². The van der Waals surface area contributed by atoms with Crippen LogP contribution in [0.2, 0.25) is 0 Å². The highest BCUT2D eigenvalue weighted by molar-refractivity contribution is 7.89. The predicted molar refractivity (Wildman–Crippen MR) is 65.1 cm³/mol. The van der Waals surface area contributed by atoms with E-state index >= 15 is 0 Å². The van der Waals surface area contributed by atoms with Crippen LogP contribution in [-0.2, 0) is 14.8 Å². The third kappa shape index (κ3) is 3.73. The maximum Gasteiger partial charge on any atom is 0.321 e. The molecule has 1 aromatic rings. The Morgan fingerprint density at radius 1 is 1.53 bits per heavy atom. The van der Waals surface area contributed by atoms with E-state index in [1.165, 1.54) is 13.0 Å². The molecule has 0 spiro atoms. The van der Waals surface area contributed by atoms with E-state index < -0.39 is 27.0 Å². The summed E-state index contributed by atoms with van der Waals surface area (Å²) in [5.74, 6) is -1.31. The van der Waals surface area contributed by atoms with Crippen molar-refractivity contribution in [3.05, 3.63) is 34.4 Å². The van der Waals surface area contributed by atoms with Gasteiger partial charge in [0, 0.05) is 12.1 Å². The van der Waals surface area contributed by atoms with E-state index in [4.69, 9.17) is 5.11 Å². The van der Waals surface area contributed by atoms with Crippen LogP contribution in [0.15, 0.2) is 29.2 Å². The van der Waals surface area contributed by atoms with E-state index in [1.54, 1.807) is 0 Å². The highest BCUT2D eigenvalue weighted by Gasteiger charge is 2.24. The average Bonchev–Trinajstić information content (AvgIpc) is 2.35. The first-order chi connectivity index (χ1) is 8.77. The molecule has 0 bridgehead atoms. The fraction of sp³-hybridized carbons (Fsp3) is 0.300. The number of nitro groups is 1. The highest BCUT2D eigenvalue weighted by atomic mass is 32.2. The van der Waals surface area contributed by atoms with Gasteiger partial charge in [0.25, 0.3) is 5.69 Å². The molecule has 2 N–H and O–H groups in total. The summed E-state index contributed by atoms with van der Waals surface area (Å²) >= 11 is 0. The normalized spacial score (nSPS) is 12.9. The van der Waals surface area contributed by atoms with Crippen LogP contribution >= 0.6 is 0 Å². The lowest BCUT2D eigenvalue weighted by atomic mass is 10.2. The number of aliphatic carboxylic acids is 1. The molecular weight excluding hydrogens is 276 g/mol. The van der Waals surface area contributed by atoms with E-state index in [9.17, 15) is 23.3 Å². The molecular formula is C10H12N2O6S. The maximum atomic E-state index is 11.9. The molecule has 0 aliphatic rings. The van der Waals surface area contributed by atoms with Gasteiger partial charge in [-0.1, -0.05) is 13.0 Å². The molecule has 0 aromatic heterocycles. The van der Waals surface area contributed by atoms with Crippen molar-refractivity contribution in [2.75, 3.05) is 0 Å². The first-order valence-corrected chi connectivity index (χ1v) is 6.76. The molecule has 0 unspecified atom stereocenters. The van der Waals surface area contributed by atoms with Crippen LogP contribution < -0.4 is 4.72 Å². The van der Waals surface area contributed by atoms with Crippen LogP contribution in [0.5, 0.6) is 0 Å². The summed E-state index contributed by atoms with van der Waals surface area (Å²) in [6.45, 7) is 1.51. The van der Waals surface area contributed by atoms with E-state index in [2.05, 4.69) is 0 Å². The molecule has 1 rings (SSSR count). The van der Waals surface area contributed by atoms with Crippen molar-refractivity contribution in [3.8, 4) is 0 Å². The Labute approximate surface area is 109 Å². The number of benzene rings is 1. The molecule has 0 aliphatic carbocycles. The average molecular weight is 288 g/mol. The molecule has 0 saturated heterocycles. The number of rotatable bonds is 6. The molecule has 19 heavy (non-hydrogen) atoms. The first kappa shape index (κ1) is 15.1. The summed E-state index contributed by atoms with van der Waals surface area (Å²) in [5, 5.41) is 19.4. The second-order valence-corrected chi connectivity index (χ2v) is 5.39. The van der Waals surface area contributed by atoms with Crippen LogP contribution in [0.1, 0.15) is 13.3 Å². The minimum absolute atomic E-state index is 0.0590. The van der Waals surface area contributed by atoms with Crippen molar-refractivity contribution in [2.45, 2.75) is 24.3 Å². The van der Waals surface area contributed by atoms with Gasteiger partial charge in [-0.3, -0.25) is 14.9 Å². The second-order valence-electron chi connectivity index (χ2n) is 3.67. The number of sulfonamides is 1. The second kappa shape index (κ2) is 5.76. The van der Waals surface area contributed by atoms with E-state index in [0.29, 0.717) is 0 Å². The number of nitro benzene ring substituents is 1. The van der Waals surface area contributed by atoms with Crippen LogP contribution in [-0.4, -0.2) is 30.5 Å². The van der Waals surface area contributed by atoms with E-state index in [1.807, 2.05) is 4.72 Å². The topological polar surface area (TPSA) is 127 Å². The van der Waals surface area contributed by atoms with Gasteiger partial charge in [0.15, 0.2) is 0 Å². The van der Waals surface area contributed by atoms with Crippen molar-refractivity contribution in [3.63, 3.8) is 0 Å². The van der Waals surface area contributed by atoms with Gasteiger partial charge in [-0.2, -0.15) is 4.72 Å². The summed E-state index contributed by atoms with van der Waals surface area (Å²) in [6.07, 6.45) is 0.0590. The van der Waals surface area contributed by atoms with Crippen LogP contribution in [0.25, 0.3) is 0 Å². The highest BCUT2D eigenvalue weighted by Crippen LogP contribution is 2.17. The summed E-state index contributed by atoms with van der Waals surface area (Å²) < 4.78 is 25.7. The minimum Gasteiger partial charge on any atom is -0.480 e. The Morgan fingerprint density at radius 2 is 2.16 bits per heavy atom. The van der Waals surface area contributed by atoms with Crippen LogP contribution in [0.4, 0.5) is 5.69 Å².